The Kier molecular flexibility index (Phi) is 7.34. The number of hydrogen-bond acceptors (Lipinski definition) is 5. The van der Waals surface area contributed by atoms with E-state index in [0.29, 0.717) is 31.0 Å². The molecule has 0 saturated carbocycles. The third-order valence-electron chi connectivity index (χ3n) is 2.77. The predicted octanol–water partition coefficient (Wildman–Crippen LogP) is 1.33. The van der Waals surface area contributed by atoms with Crippen LogP contribution in [0.2, 0.25) is 0 Å². The minimum Gasteiger partial charge on any atom is -0.482 e. The van der Waals surface area contributed by atoms with Crippen LogP contribution in [0.25, 0.3) is 0 Å². The molecule has 0 bridgehead atoms. The monoisotopic (exact) mass is 287 g/mol. The zero-order valence-electron chi connectivity index (χ0n) is 11.9. The summed E-state index contributed by atoms with van der Waals surface area (Å²) in [7, 11) is 1.55. The molecule has 6 heteroatoms. The molecule has 0 unspecified atom stereocenters. The Hall–Kier alpha value is -2.57. The van der Waals surface area contributed by atoms with Gasteiger partial charge in [0.2, 0.25) is 0 Å². The first-order chi connectivity index (χ1) is 10.2. The van der Waals surface area contributed by atoms with E-state index in [1.807, 2.05) is 12.1 Å². The van der Waals surface area contributed by atoms with E-state index in [1.165, 1.54) is 4.90 Å². The number of nitriles is 2. The second kappa shape index (κ2) is 9.35. The number of para-hydroxylation sites is 1. The van der Waals surface area contributed by atoms with Crippen molar-refractivity contribution in [3.63, 3.8) is 0 Å². The van der Waals surface area contributed by atoms with Gasteiger partial charge in [-0.2, -0.15) is 10.5 Å². The number of methoxy groups -OCH3 is 1. The van der Waals surface area contributed by atoms with E-state index in [0.717, 1.165) is 0 Å². The van der Waals surface area contributed by atoms with E-state index in [-0.39, 0.29) is 18.9 Å². The Balaban J connectivity index is 2.60. The van der Waals surface area contributed by atoms with Gasteiger partial charge >= 0.3 is 0 Å². The van der Waals surface area contributed by atoms with Crippen molar-refractivity contribution >= 4 is 5.91 Å². The van der Waals surface area contributed by atoms with Gasteiger partial charge in [0.15, 0.2) is 6.61 Å². The maximum atomic E-state index is 12.1. The summed E-state index contributed by atoms with van der Waals surface area (Å²) in [6, 6.07) is 10.7. The first kappa shape index (κ1) is 16.5. The lowest BCUT2D eigenvalue weighted by molar-refractivity contribution is -0.133. The molecule has 1 aromatic carbocycles. The molecule has 0 heterocycles. The van der Waals surface area contributed by atoms with Gasteiger partial charge < -0.3 is 14.4 Å². The van der Waals surface area contributed by atoms with Crippen LogP contribution in [-0.2, 0) is 9.53 Å². The second-order valence-corrected chi connectivity index (χ2v) is 4.18. The normalized spacial score (nSPS) is 9.48. The summed E-state index contributed by atoms with van der Waals surface area (Å²) in [5.74, 6) is 0.135. The number of hydrogen-bond donors (Lipinski definition) is 0. The minimum absolute atomic E-state index is 0.173. The number of benzene rings is 1. The summed E-state index contributed by atoms with van der Waals surface area (Å²) in [5, 5.41) is 17.6. The average molecular weight is 287 g/mol. The summed E-state index contributed by atoms with van der Waals surface area (Å²) >= 11 is 0. The first-order valence-electron chi connectivity index (χ1n) is 6.48. The molecule has 1 rings (SSSR count). The highest BCUT2D eigenvalue weighted by atomic mass is 16.5. The van der Waals surface area contributed by atoms with Crippen LogP contribution < -0.4 is 4.74 Å². The van der Waals surface area contributed by atoms with Crippen molar-refractivity contribution in [2.75, 3.05) is 33.4 Å². The van der Waals surface area contributed by atoms with Gasteiger partial charge in [0, 0.05) is 20.2 Å². The molecule has 6 nitrogen and oxygen atoms in total. The molecule has 0 aliphatic rings. The van der Waals surface area contributed by atoms with Crippen LogP contribution in [0, 0.1) is 22.7 Å². The Bertz CT molecular complexity index is 546. The van der Waals surface area contributed by atoms with Crippen LogP contribution in [0.4, 0.5) is 0 Å². The summed E-state index contributed by atoms with van der Waals surface area (Å²) in [6.07, 6.45) is 0.254. The molecule has 0 aromatic heterocycles. The molecule has 110 valence electrons. The van der Waals surface area contributed by atoms with E-state index in [2.05, 4.69) is 0 Å². The highest BCUT2D eigenvalue weighted by Crippen LogP contribution is 2.16. The zero-order chi connectivity index (χ0) is 15.5. The molecule has 0 radical (unpaired) electrons. The van der Waals surface area contributed by atoms with Gasteiger partial charge in [-0.25, -0.2) is 0 Å². The Labute approximate surface area is 124 Å². The van der Waals surface area contributed by atoms with Gasteiger partial charge in [-0.15, -0.1) is 0 Å². The molecule has 21 heavy (non-hydrogen) atoms. The van der Waals surface area contributed by atoms with Crippen molar-refractivity contribution in [1.82, 2.24) is 4.90 Å². The summed E-state index contributed by atoms with van der Waals surface area (Å²) in [6.45, 7) is 0.960. The molecule has 1 amide bonds. The molecule has 0 atom stereocenters. The number of ether oxygens (including phenoxy) is 2. The minimum atomic E-state index is -0.241. The molecule has 0 fully saturated rings. The van der Waals surface area contributed by atoms with E-state index in [1.54, 1.807) is 31.4 Å². The molecule has 0 aliphatic heterocycles. The fraction of sp³-hybridized carbons (Fsp3) is 0.400. The van der Waals surface area contributed by atoms with Crippen molar-refractivity contribution in [2.24, 2.45) is 0 Å². The third-order valence-corrected chi connectivity index (χ3v) is 2.77. The van der Waals surface area contributed by atoms with Crippen LogP contribution in [0.1, 0.15) is 12.0 Å². The maximum absolute atomic E-state index is 12.1. The standard InChI is InChI=1S/C15H17N3O3/c1-20-10-9-18(8-4-7-16)15(19)12-21-14-6-3-2-5-13(14)11-17/h2-3,5-6H,4,8-10,12H2,1H3. The van der Waals surface area contributed by atoms with E-state index in [9.17, 15) is 4.79 Å². The summed E-state index contributed by atoms with van der Waals surface area (Å²) < 4.78 is 10.3. The van der Waals surface area contributed by atoms with Crippen molar-refractivity contribution in [1.29, 1.82) is 10.5 Å². The summed E-state index contributed by atoms with van der Waals surface area (Å²) in [4.78, 5) is 13.6. The fourth-order valence-electron chi connectivity index (χ4n) is 1.66. The van der Waals surface area contributed by atoms with Crippen molar-refractivity contribution in [2.45, 2.75) is 6.42 Å². The predicted molar refractivity (Wildman–Crippen MR) is 75.3 cm³/mol. The Morgan fingerprint density at radius 3 is 2.71 bits per heavy atom. The smallest absolute Gasteiger partial charge is 0.260 e. The Morgan fingerprint density at radius 1 is 1.29 bits per heavy atom. The van der Waals surface area contributed by atoms with Gasteiger partial charge in [0.05, 0.1) is 24.7 Å². The number of carbonyl (C=O) groups is 1. The fourth-order valence-corrected chi connectivity index (χ4v) is 1.66. The largest absolute Gasteiger partial charge is 0.482 e. The van der Waals surface area contributed by atoms with E-state index in [4.69, 9.17) is 20.0 Å². The van der Waals surface area contributed by atoms with Crippen LogP contribution in [-0.4, -0.2) is 44.2 Å². The van der Waals surface area contributed by atoms with Crippen LogP contribution in [0.5, 0.6) is 5.75 Å². The lowest BCUT2D eigenvalue weighted by Gasteiger charge is -2.21. The highest BCUT2D eigenvalue weighted by molar-refractivity contribution is 5.77. The lowest BCUT2D eigenvalue weighted by atomic mass is 10.2. The zero-order valence-corrected chi connectivity index (χ0v) is 11.9. The summed E-state index contributed by atoms with van der Waals surface area (Å²) in [5.41, 5.74) is 0.380. The van der Waals surface area contributed by atoms with Crippen molar-refractivity contribution in [3.05, 3.63) is 29.8 Å². The number of carbonyl (C=O) groups excluding carboxylic acids is 1. The first-order valence-corrected chi connectivity index (χ1v) is 6.48. The molecule has 0 N–H and O–H groups in total. The van der Waals surface area contributed by atoms with Crippen LogP contribution in [0.3, 0.4) is 0 Å². The molecule has 0 aliphatic carbocycles. The Morgan fingerprint density at radius 2 is 2.05 bits per heavy atom. The SMILES string of the molecule is COCCN(CCC#N)C(=O)COc1ccccc1C#N. The number of rotatable bonds is 8. The quantitative estimate of drug-likeness (QED) is 0.719. The van der Waals surface area contributed by atoms with E-state index >= 15 is 0 Å². The van der Waals surface area contributed by atoms with Gasteiger partial charge in [-0.05, 0) is 12.1 Å². The number of nitrogens with zero attached hydrogens (tertiary/aromatic N) is 3. The van der Waals surface area contributed by atoms with Gasteiger partial charge in [0.25, 0.3) is 5.91 Å². The molecular weight excluding hydrogens is 270 g/mol. The van der Waals surface area contributed by atoms with Gasteiger partial charge in [0.1, 0.15) is 11.8 Å². The average Bonchev–Trinajstić information content (AvgIpc) is 2.53. The molecule has 0 spiro atoms. The topological polar surface area (TPSA) is 86.3 Å². The second-order valence-electron chi connectivity index (χ2n) is 4.18. The molecule has 0 saturated heterocycles. The van der Waals surface area contributed by atoms with Crippen molar-refractivity contribution < 1.29 is 14.3 Å². The maximum Gasteiger partial charge on any atom is 0.260 e. The number of amides is 1. The molecular formula is C15H17N3O3. The van der Waals surface area contributed by atoms with Crippen LogP contribution >= 0.6 is 0 Å². The van der Waals surface area contributed by atoms with Gasteiger partial charge in [-0.1, -0.05) is 12.1 Å². The van der Waals surface area contributed by atoms with Gasteiger partial charge in [-0.3, -0.25) is 4.79 Å². The van der Waals surface area contributed by atoms with Crippen LogP contribution in [0.15, 0.2) is 24.3 Å². The van der Waals surface area contributed by atoms with E-state index < -0.39 is 0 Å². The highest BCUT2D eigenvalue weighted by Gasteiger charge is 2.14. The molecule has 1 aromatic rings. The third kappa shape index (κ3) is 5.52. The lowest BCUT2D eigenvalue weighted by Crippen LogP contribution is -2.38. The van der Waals surface area contributed by atoms with Crippen molar-refractivity contribution in [3.8, 4) is 17.9 Å².